The normalized spacial score (nSPS) is 13.8. The number of benzene rings is 2. The summed E-state index contributed by atoms with van der Waals surface area (Å²) in [7, 11) is -1.96. The molecule has 0 amide bonds. The maximum atomic E-state index is 11.3. The molecule has 0 aliphatic heterocycles. The average Bonchev–Trinajstić information content (AvgIpc) is 2.40. The van der Waals surface area contributed by atoms with Crippen molar-refractivity contribution in [1.82, 2.24) is 0 Å². The van der Waals surface area contributed by atoms with Crippen molar-refractivity contribution in [1.29, 1.82) is 0 Å². The Hall–Kier alpha value is -1.46. The molecule has 0 saturated heterocycles. The zero-order valence-electron chi connectivity index (χ0n) is 10.7. The highest BCUT2D eigenvalue weighted by Gasteiger charge is 2.01. The predicted octanol–water partition coefficient (Wildman–Crippen LogP) is 2.95. The lowest BCUT2D eigenvalue weighted by Crippen LogP contribution is -1.89. The molecular weight excluding hydrogens is 280 g/mol. The maximum absolute atomic E-state index is 11.3. The molecular formula is C14H14O3S2. The van der Waals surface area contributed by atoms with Crippen molar-refractivity contribution in [3.8, 4) is 11.5 Å². The molecule has 0 aliphatic rings. The summed E-state index contributed by atoms with van der Waals surface area (Å²) in [6.45, 7) is 0. The van der Waals surface area contributed by atoms with Gasteiger partial charge in [-0.1, -0.05) is 0 Å². The molecule has 0 aromatic heterocycles. The fourth-order valence-corrected chi connectivity index (χ4v) is 2.57. The summed E-state index contributed by atoms with van der Waals surface area (Å²) in [5, 5.41) is 0. The van der Waals surface area contributed by atoms with Gasteiger partial charge in [-0.15, -0.1) is 0 Å². The van der Waals surface area contributed by atoms with Crippen molar-refractivity contribution in [3.63, 3.8) is 0 Å². The molecule has 2 atom stereocenters. The smallest absolute Gasteiger partial charge is 0.127 e. The van der Waals surface area contributed by atoms with E-state index in [0.29, 0.717) is 11.5 Å². The molecule has 0 fully saturated rings. The second kappa shape index (κ2) is 6.12. The van der Waals surface area contributed by atoms with Gasteiger partial charge in [0.05, 0.1) is 0 Å². The van der Waals surface area contributed by atoms with Crippen LogP contribution in [-0.2, 0) is 21.6 Å². The van der Waals surface area contributed by atoms with Crippen LogP contribution in [0, 0.1) is 0 Å². The average molecular weight is 294 g/mol. The Bertz CT molecular complexity index is 548. The van der Waals surface area contributed by atoms with Crippen LogP contribution in [0.15, 0.2) is 58.3 Å². The predicted molar refractivity (Wildman–Crippen MR) is 77.6 cm³/mol. The highest BCUT2D eigenvalue weighted by molar-refractivity contribution is 7.84. The van der Waals surface area contributed by atoms with Gasteiger partial charge in [-0.05, 0) is 48.5 Å². The summed E-state index contributed by atoms with van der Waals surface area (Å²) in [4.78, 5) is 1.54. The SMILES string of the molecule is CS(=O)c1ccc(Oc2ccc(S(C)=O)cc2)cc1. The Morgan fingerprint density at radius 2 is 1.00 bits per heavy atom. The van der Waals surface area contributed by atoms with Crippen LogP contribution in [0.1, 0.15) is 0 Å². The number of ether oxygens (including phenoxy) is 1. The number of rotatable bonds is 4. The third-order valence-corrected chi connectivity index (χ3v) is 4.42. The van der Waals surface area contributed by atoms with Gasteiger partial charge in [0.2, 0.25) is 0 Å². The zero-order chi connectivity index (χ0) is 13.8. The second-order valence-corrected chi connectivity index (χ2v) is 6.71. The summed E-state index contributed by atoms with van der Waals surface area (Å²) in [6, 6.07) is 14.2. The second-order valence-electron chi connectivity index (χ2n) is 3.95. The summed E-state index contributed by atoms with van der Waals surface area (Å²) in [5.74, 6) is 1.36. The van der Waals surface area contributed by atoms with Crippen LogP contribution < -0.4 is 4.74 Å². The van der Waals surface area contributed by atoms with E-state index in [1.165, 1.54) is 0 Å². The van der Waals surface area contributed by atoms with E-state index < -0.39 is 21.6 Å². The molecule has 0 N–H and O–H groups in total. The van der Waals surface area contributed by atoms with E-state index >= 15 is 0 Å². The van der Waals surface area contributed by atoms with E-state index in [2.05, 4.69) is 0 Å². The molecule has 0 heterocycles. The van der Waals surface area contributed by atoms with Crippen LogP contribution >= 0.6 is 0 Å². The molecule has 2 aromatic rings. The lowest BCUT2D eigenvalue weighted by molar-refractivity contribution is 0.482. The molecule has 2 unspecified atom stereocenters. The van der Waals surface area contributed by atoms with Crippen LogP contribution in [-0.4, -0.2) is 20.9 Å². The van der Waals surface area contributed by atoms with Crippen LogP contribution in [0.5, 0.6) is 11.5 Å². The molecule has 3 nitrogen and oxygen atoms in total. The molecule has 0 bridgehead atoms. The van der Waals surface area contributed by atoms with Gasteiger partial charge in [0, 0.05) is 43.9 Å². The van der Waals surface area contributed by atoms with Gasteiger partial charge in [-0.25, -0.2) is 0 Å². The topological polar surface area (TPSA) is 43.4 Å². The van der Waals surface area contributed by atoms with E-state index in [1.54, 1.807) is 61.0 Å². The summed E-state index contributed by atoms with van der Waals surface area (Å²) < 4.78 is 28.2. The molecule has 0 radical (unpaired) electrons. The van der Waals surface area contributed by atoms with Gasteiger partial charge in [-0.2, -0.15) is 0 Å². The molecule has 100 valence electrons. The van der Waals surface area contributed by atoms with Crippen molar-refractivity contribution in [2.45, 2.75) is 9.79 Å². The van der Waals surface area contributed by atoms with E-state index in [9.17, 15) is 8.42 Å². The Morgan fingerprint density at radius 3 is 1.26 bits per heavy atom. The third-order valence-electron chi connectivity index (χ3n) is 2.55. The van der Waals surface area contributed by atoms with Gasteiger partial charge >= 0.3 is 0 Å². The summed E-state index contributed by atoms with van der Waals surface area (Å²) in [5.41, 5.74) is 0. The summed E-state index contributed by atoms with van der Waals surface area (Å²) in [6.07, 6.45) is 3.28. The monoisotopic (exact) mass is 294 g/mol. The lowest BCUT2D eigenvalue weighted by atomic mass is 10.3. The highest BCUT2D eigenvalue weighted by atomic mass is 32.2. The highest BCUT2D eigenvalue weighted by Crippen LogP contribution is 2.23. The number of hydrogen-bond donors (Lipinski definition) is 0. The van der Waals surface area contributed by atoms with Gasteiger partial charge in [0.25, 0.3) is 0 Å². The van der Waals surface area contributed by atoms with Crippen molar-refractivity contribution < 1.29 is 13.2 Å². The Kier molecular flexibility index (Phi) is 4.50. The van der Waals surface area contributed by atoms with Gasteiger partial charge in [0.15, 0.2) is 0 Å². The molecule has 0 aliphatic carbocycles. The molecule has 2 aromatic carbocycles. The van der Waals surface area contributed by atoms with Crippen molar-refractivity contribution in [2.24, 2.45) is 0 Å². The lowest BCUT2D eigenvalue weighted by Gasteiger charge is -2.06. The van der Waals surface area contributed by atoms with E-state index in [-0.39, 0.29) is 0 Å². The van der Waals surface area contributed by atoms with Gasteiger partial charge < -0.3 is 4.74 Å². The first kappa shape index (κ1) is 14.0. The molecule has 0 saturated carbocycles. The van der Waals surface area contributed by atoms with Crippen LogP contribution in [0.25, 0.3) is 0 Å². The minimum absolute atomic E-state index is 0.680. The van der Waals surface area contributed by atoms with E-state index in [4.69, 9.17) is 4.74 Å². The molecule has 2 rings (SSSR count). The Labute approximate surface area is 117 Å². The molecule has 5 heteroatoms. The Morgan fingerprint density at radius 1 is 0.684 bits per heavy atom. The third kappa shape index (κ3) is 3.75. The van der Waals surface area contributed by atoms with E-state index in [1.807, 2.05) is 0 Å². The van der Waals surface area contributed by atoms with Crippen LogP contribution in [0.4, 0.5) is 0 Å². The summed E-state index contributed by atoms with van der Waals surface area (Å²) >= 11 is 0. The fraction of sp³-hybridized carbons (Fsp3) is 0.143. The van der Waals surface area contributed by atoms with E-state index in [0.717, 1.165) is 9.79 Å². The van der Waals surface area contributed by atoms with Gasteiger partial charge in [0.1, 0.15) is 11.5 Å². The maximum Gasteiger partial charge on any atom is 0.127 e. The molecule has 19 heavy (non-hydrogen) atoms. The fourth-order valence-electron chi connectivity index (χ4n) is 1.53. The number of hydrogen-bond acceptors (Lipinski definition) is 3. The standard InChI is InChI=1S/C14H14O3S2/c1-18(15)13-7-3-11(4-8-13)17-12-5-9-14(10-6-12)19(2)16/h3-10H,1-2H3. The quantitative estimate of drug-likeness (QED) is 0.870. The first-order valence-electron chi connectivity index (χ1n) is 5.61. The zero-order valence-corrected chi connectivity index (χ0v) is 12.3. The minimum atomic E-state index is -0.981. The minimum Gasteiger partial charge on any atom is -0.457 e. The van der Waals surface area contributed by atoms with Crippen molar-refractivity contribution in [2.75, 3.05) is 12.5 Å². The van der Waals surface area contributed by atoms with Crippen LogP contribution in [0.2, 0.25) is 0 Å². The Balaban J connectivity index is 2.12. The largest absolute Gasteiger partial charge is 0.457 e. The first-order valence-corrected chi connectivity index (χ1v) is 8.73. The molecule has 0 spiro atoms. The van der Waals surface area contributed by atoms with Crippen molar-refractivity contribution in [3.05, 3.63) is 48.5 Å². The van der Waals surface area contributed by atoms with Gasteiger partial charge in [-0.3, -0.25) is 8.42 Å². The van der Waals surface area contributed by atoms with Crippen LogP contribution in [0.3, 0.4) is 0 Å². The first-order chi connectivity index (χ1) is 9.06. The van der Waals surface area contributed by atoms with Crippen molar-refractivity contribution >= 4 is 21.6 Å².